The first-order valence-electron chi connectivity index (χ1n) is 10.4. The summed E-state index contributed by atoms with van der Waals surface area (Å²) >= 11 is 0. The summed E-state index contributed by atoms with van der Waals surface area (Å²) in [5.41, 5.74) is 2.02. The Bertz CT molecular complexity index is 1270. The second-order valence-electron chi connectivity index (χ2n) is 7.55. The summed E-state index contributed by atoms with van der Waals surface area (Å²) in [6.45, 7) is 6.88. The molecule has 1 aliphatic rings. The van der Waals surface area contributed by atoms with E-state index in [4.69, 9.17) is 9.47 Å². The summed E-state index contributed by atoms with van der Waals surface area (Å²) in [7, 11) is 0. The Labute approximate surface area is 178 Å². The number of fused-ring (bicyclic) bond motifs is 2. The topological polar surface area (TPSA) is 102 Å². The van der Waals surface area contributed by atoms with Crippen molar-refractivity contribution in [1.29, 1.82) is 0 Å². The van der Waals surface area contributed by atoms with Gasteiger partial charge in [-0.3, -0.25) is 14.4 Å². The number of amides is 1. The van der Waals surface area contributed by atoms with E-state index in [-0.39, 0.29) is 18.6 Å². The summed E-state index contributed by atoms with van der Waals surface area (Å²) < 4.78 is 13.0. The molecule has 31 heavy (non-hydrogen) atoms. The smallest absolute Gasteiger partial charge is 0.316 e. The van der Waals surface area contributed by atoms with Gasteiger partial charge >= 0.3 is 11.1 Å². The first kappa shape index (κ1) is 20.7. The third-order valence-corrected chi connectivity index (χ3v) is 5.37. The van der Waals surface area contributed by atoms with Crippen LogP contribution in [0.5, 0.6) is 11.5 Å². The number of aromatic nitrogens is 2. The molecule has 1 atom stereocenters. The molecular weight excluding hydrogens is 398 g/mol. The Morgan fingerprint density at radius 2 is 2.06 bits per heavy atom. The maximum Gasteiger partial charge on any atom is 0.316 e. The lowest BCUT2D eigenvalue weighted by molar-refractivity contribution is 0.0950. The number of rotatable bonds is 6. The first-order chi connectivity index (χ1) is 14.9. The number of aryl methyl sites for hydroxylation is 1. The van der Waals surface area contributed by atoms with E-state index in [0.717, 1.165) is 29.0 Å². The van der Waals surface area contributed by atoms with Crippen LogP contribution >= 0.6 is 0 Å². The molecular formula is C23H25N3O5. The highest BCUT2D eigenvalue weighted by Crippen LogP contribution is 2.35. The second kappa shape index (κ2) is 8.29. The van der Waals surface area contributed by atoms with Crippen LogP contribution in [0.25, 0.3) is 11.0 Å². The Morgan fingerprint density at radius 1 is 1.26 bits per heavy atom. The standard InChI is InChI=1S/C23H25N3O5/c1-4-26-18-7-6-14(9-17(18)25-22(28)23(26)29)21(27)24-12-16-11-20-15(8-13(3)31-20)10-19(16)30-5-2/h6-7,9-11,13H,4-5,8,12H2,1-3H3,(H,24,27)(H,25,28)/t13-/m1/s1. The van der Waals surface area contributed by atoms with Gasteiger partial charge in [0.05, 0.1) is 17.6 Å². The predicted octanol–water partition coefficient (Wildman–Crippen LogP) is 2.36. The Hall–Kier alpha value is -3.55. The van der Waals surface area contributed by atoms with Crippen molar-refractivity contribution >= 4 is 16.9 Å². The molecule has 1 aromatic heterocycles. The molecule has 0 fully saturated rings. The molecule has 8 nitrogen and oxygen atoms in total. The number of nitrogens with zero attached hydrogens (tertiary/aromatic N) is 1. The van der Waals surface area contributed by atoms with Crippen LogP contribution in [-0.2, 0) is 19.5 Å². The quantitative estimate of drug-likeness (QED) is 0.593. The van der Waals surface area contributed by atoms with Crippen LogP contribution in [0.4, 0.5) is 0 Å². The number of ether oxygens (including phenoxy) is 2. The van der Waals surface area contributed by atoms with Crippen LogP contribution in [0.2, 0.25) is 0 Å². The van der Waals surface area contributed by atoms with Crippen molar-refractivity contribution in [3.05, 3.63) is 67.7 Å². The Kier molecular flexibility index (Phi) is 5.54. The molecule has 0 radical (unpaired) electrons. The van der Waals surface area contributed by atoms with E-state index in [1.807, 2.05) is 26.0 Å². The summed E-state index contributed by atoms with van der Waals surface area (Å²) in [5.74, 6) is 1.25. The molecule has 1 aliphatic heterocycles. The van der Waals surface area contributed by atoms with Crippen LogP contribution in [0.15, 0.2) is 39.9 Å². The van der Waals surface area contributed by atoms with Gasteiger partial charge in [-0.05, 0) is 51.1 Å². The molecule has 3 aromatic rings. The number of H-pyrrole nitrogens is 1. The van der Waals surface area contributed by atoms with Gasteiger partial charge in [0, 0.05) is 36.2 Å². The van der Waals surface area contributed by atoms with Crippen molar-refractivity contribution in [1.82, 2.24) is 14.9 Å². The number of benzene rings is 2. The predicted molar refractivity (Wildman–Crippen MR) is 117 cm³/mol. The van der Waals surface area contributed by atoms with E-state index in [2.05, 4.69) is 10.3 Å². The van der Waals surface area contributed by atoms with Gasteiger partial charge in [-0.25, -0.2) is 0 Å². The van der Waals surface area contributed by atoms with E-state index >= 15 is 0 Å². The minimum atomic E-state index is -0.708. The molecule has 4 rings (SSSR count). The van der Waals surface area contributed by atoms with Crippen molar-refractivity contribution in [2.24, 2.45) is 0 Å². The first-order valence-corrected chi connectivity index (χ1v) is 10.4. The van der Waals surface area contributed by atoms with Gasteiger partial charge in [-0.15, -0.1) is 0 Å². The van der Waals surface area contributed by atoms with Crippen molar-refractivity contribution in [2.75, 3.05) is 6.61 Å². The zero-order valence-electron chi connectivity index (χ0n) is 17.8. The van der Waals surface area contributed by atoms with Gasteiger partial charge in [-0.2, -0.15) is 0 Å². The number of hydrogen-bond donors (Lipinski definition) is 2. The monoisotopic (exact) mass is 423 g/mol. The largest absolute Gasteiger partial charge is 0.494 e. The molecule has 0 bridgehead atoms. The number of aromatic amines is 1. The van der Waals surface area contributed by atoms with Gasteiger partial charge in [0.25, 0.3) is 5.91 Å². The van der Waals surface area contributed by atoms with Crippen LogP contribution in [-0.4, -0.2) is 28.2 Å². The SMILES string of the molecule is CCOc1cc2c(cc1CNC(=O)c1ccc3c(c1)[nH]c(=O)c(=O)n3CC)O[C@H](C)C2. The summed E-state index contributed by atoms with van der Waals surface area (Å²) in [6.07, 6.45) is 0.953. The van der Waals surface area contributed by atoms with E-state index in [1.165, 1.54) is 4.57 Å². The Balaban J connectivity index is 1.59. The molecule has 162 valence electrons. The fourth-order valence-corrected chi connectivity index (χ4v) is 3.92. The number of nitrogens with one attached hydrogen (secondary N) is 2. The maximum atomic E-state index is 12.8. The van der Waals surface area contributed by atoms with Crippen LogP contribution < -0.4 is 25.9 Å². The van der Waals surface area contributed by atoms with Crippen LogP contribution in [0, 0.1) is 0 Å². The average Bonchev–Trinajstić information content (AvgIpc) is 3.11. The maximum absolute atomic E-state index is 12.8. The fraction of sp³-hybridized carbons (Fsp3) is 0.348. The molecule has 0 unspecified atom stereocenters. The normalized spacial score (nSPS) is 14.9. The number of carbonyl (C=O) groups is 1. The van der Waals surface area contributed by atoms with E-state index in [9.17, 15) is 14.4 Å². The molecule has 0 spiro atoms. The molecule has 0 saturated carbocycles. The van der Waals surface area contributed by atoms with Gasteiger partial charge in [0.2, 0.25) is 0 Å². The van der Waals surface area contributed by atoms with E-state index in [1.54, 1.807) is 25.1 Å². The lowest BCUT2D eigenvalue weighted by Crippen LogP contribution is -2.36. The molecule has 1 amide bonds. The molecule has 2 aromatic carbocycles. The second-order valence-corrected chi connectivity index (χ2v) is 7.55. The molecule has 8 heteroatoms. The molecule has 2 N–H and O–H groups in total. The lowest BCUT2D eigenvalue weighted by Gasteiger charge is -2.14. The van der Waals surface area contributed by atoms with Gasteiger partial charge in [-0.1, -0.05) is 0 Å². The third-order valence-electron chi connectivity index (χ3n) is 5.37. The van der Waals surface area contributed by atoms with E-state index in [0.29, 0.717) is 29.7 Å². The zero-order valence-corrected chi connectivity index (χ0v) is 17.8. The average molecular weight is 423 g/mol. The highest BCUT2D eigenvalue weighted by atomic mass is 16.5. The van der Waals surface area contributed by atoms with Crippen LogP contribution in [0.3, 0.4) is 0 Å². The Morgan fingerprint density at radius 3 is 2.81 bits per heavy atom. The minimum Gasteiger partial charge on any atom is -0.494 e. The summed E-state index contributed by atoms with van der Waals surface area (Å²) in [5, 5.41) is 2.90. The zero-order chi connectivity index (χ0) is 22.1. The van der Waals surface area contributed by atoms with E-state index < -0.39 is 11.1 Å². The van der Waals surface area contributed by atoms with Gasteiger partial charge < -0.3 is 24.3 Å². The van der Waals surface area contributed by atoms with Crippen molar-refractivity contribution in [3.8, 4) is 11.5 Å². The summed E-state index contributed by atoms with van der Waals surface area (Å²) in [4.78, 5) is 39.2. The highest BCUT2D eigenvalue weighted by molar-refractivity contribution is 5.97. The van der Waals surface area contributed by atoms with Crippen LogP contribution in [0.1, 0.15) is 42.3 Å². The molecule has 0 saturated heterocycles. The highest BCUT2D eigenvalue weighted by Gasteiger charge is 2.22. The van der Waals surface area contributed by atoms with Gasteiger partial charge in [0.1, 0.15) is 17.6 Å². The lowest BCUT2D eigenvalue weighted by atomic mass is 10.1. The third kappa shape index (κ3) is 3.93. The number of hydrogen-bond acceptors (Lipinski definition) is 5. The number of carbonyl (C=O) groups excluding carboxylic acids is 1. The van der Waals surface area contributed by atoms with Crippen molar-refractivity contribution < 1.29 is 14.3 Å². The van der Waals surface area contributed by atoms with Gasteiger partial charge in [0.15, 0.2) is 0 Å². The minimum absolute atomic E-state index is 0.120. The fourth-order valence-electron chi connectivity index (χ4n) is 3.92. The van der Waals surface area contributed by atoms with Crippen molar-refractivity contribution in [3.63, 3.8) is 0 Å². The molecule has 2 heterocycles. The molecule has 0 aliphatic carbocycles. The van der Waals surface area contributed by atoms with Crippen molar-refractivity contribution in [2.45, 2.75) is 46.4 Å². The summed E-state index contributed by atoms with van der Waals surface area (Å²) in [6, 6.07) is 8.78.